The normalized spacial score (nSPS) is 23.6. The lowest BCUT2D eigenvalue weighted by atomic mass is 10.1. The molecule has 1 unspecified atom stereocenters. The summed E-state index contributed by atoms with van der Waals surface area (Å²) in [4.78, 5) is 16.6. The van der Waals surface area contributed by atoms with Crippen LogP contribution < -0.4 is 9.64 Å². The van der Waals surface area contributed by atoms with Gasteiger partial charge in [-0.3, -0.25) is 4.79 Å². The lowest BCUT2D eigenvalue weighted by molar-refractivity contribution is -0.134. The lowest BCUT2D eigenvalue weighted by Gasteiger charge is -2.33. The van der Waals surface area contributed by atoms with Gasteiger partial charge >= 0.3 is 0 Å². The zero-order chi connectivity index (χ0) is 16.4. The minimum atomic E-state index is 0.124. The molecule has 2 fully saturated rings. The van der Waals surface area contributed by atoms with Gasteiger partial charge in [0, 0.05) is 31.4 Å². The molecule has 0 aromatic heterocycles. The second kappa shape index (κ2) is 6.88. The van der Waals surface area contributed by atoms with Crippen LogP contribution in [-0.4, -0.2) is 36.5 Å². The largest absolute Gasteiger partial charge is 0.489 e. The number of carbonyl (C=O) groups is 1. The number of benzene rings is 1. The molecule has 1 saturated carbocycles. The molecule has 0 radical (unpaired) electrons. The Morgan fingerprint density at radius 1 is 1.12 bits per heavy atom. The van der Waals surface area contributed by atoms with E-state index in [1.807, 2.05) is 17.0 Å². The van der Waals surface area contributed by atoms with Gasteiger partial charge in [0.15, 0.2) is 0 Å². The second-order valence-electron chi connectivity index (χ2n) is 7.23. The van der Waals surface area contributed by atoms with Gasteiger partial charge < -0.3 is 14.5 Å². The number of rotatable bonds is 5. The van der Waals surface area contributed by atoms with Crippen LogP contribution in [0.25, 0.3) is 0 Å². The van der Waals surface area contributed by atoms with Crippen LogP contribution in [0.4, 0.5) is 5.69 Å². The SMILES string of the molecule is O=C(CC1CC1)N1CCCC(Oc2ccc(N3C=CCC3)cc2)C1. The molecule has 0 bridgehead atoms. The number of piperidine rings is 1. The van der Waals surface area contributed by atoms with Crippen molar-refractivity contribution in [2.45, 2.75) is 44.6 Å². The van der Waals surface area contributed by atoms with Crippen molar-refractivity contribution in [2.24, 2.45) is 5.92 Å². The van der Waals surface area contributed by atoms with Gasteiger partial charge in [0.05, 0.1) is 6.54 Å². The first-order valence-electron chi connectivity index (χ1n) is 9.26. The van der Waals surface area contributed by atoms with Crippen LogP contribution in [0.3, 0.4) is 0 Å². The van der Waals surface area contributed by atoms with E-state index in [9.17, 15) is 4.79 Å². The van der Waals surface area contributed by atoms with E-state index in [1.54, 1.807) is 0 Å². The van der Waals surface area contributed by atoms with E-state index in [2.05, 4.69) is 29.3 Å². The summed E-state index contributed by atoms with van der Waals surface area (Å²) in [5, 5.41) is 0. The summed E-state index contributed by atoms with van der Waals surface area (Å²) in [6, 6.07) is 8.33. The minimum Gasteiger partial charge on any atom is -0.489 e. The van der Waals surface area contributed by atoms with Crippen molar-refractivity contribution < 1.29 is 9.53 Å². The van der Waals surface area contributed by atoms with Crippen molar-refractivity contribution in [1.29, 1.82) is 0 Å². The summed E-state index contributed by atoms with van der Waals surface area (Å²) in [6.07, 6.45) is 10.9. The first kappa shape index (κ1) is 15.6. The maximum absolute atomic E-state index is 12.3. The fourth-order valence-corrected chi connectivity index (χ4v) is 3.57. The summed E-state index contributed by atoms with van der Waals surface area (Å²) in [6.45, 7) is 2.69. The minimum absolute atomic E-state index is 0.124. The number of anilines is 1. The van der Waals surface area contributed by atoms with Crippen LogP contribution in [-0.2, 0) is 4.79 Å². The average molecular weight is 326 g/mol. The van der Waals surface area contributed by atoms with E-state index in [4.69, 9.17) is 4.74 Å². The highest BCUT2D eigenvalue weighted by atomic mass is 16.5. The Balaban J connectivity index is 1.32. The van der Waals surface area contributed by atoms with Crippen LogP contribution >= 0.6 is 0 Å². The van der Waals surface area contributed by atoms with E-state index in [-0.39, 0.29) is 6.10 Å². The monoisotopic (exact) mass is 326 g/mol. The Morgan fingerprint density at radius 2 is 1.96 bits per heavy atom. The number of hydrogen-bond acceptors (Lipinski definition) is 3. The van der Waals surface area contributed by atoms with Crippen molar-refractivity contribution in [2.75, 3.05) is 24.5 Å². The molecule has 1 aromatic carbocycles. The van der Waals surface area contributed by atoms with E-state index in [0.29, 0.717) is 11.8 Å². The van der Waals surface area contributed by atoms with Crippen molar-refractivity contribution in [3.8, 4) is 5.75 Å². The molecule has 0 spiro atoms. The van der Waals surface area contributed by atoms with Crippen LogP contribution in [0.15, 0.2) is 36.5 Å². The van der Waals surface area contributed by atoms with Gasteiger partial charge in [-0.1, -0.05) is 6.08 Å². The molecule has 4 heteroatoms. The zero-order valence-electron chi connectivity index (χ0n) is 14.2. The molecule has 0 N–H and O–H groups in total. The molecule has 1 amide bonds. The number of nitrogens with zero attached hydrogens (tertiary/aromatic N) is 2. The lowest BCUT2D eigenvalue weighted by Crippen LogP contribution is -2.44. The highest BCUT2D eigenvalue weighted by Gasteiger charge is 2.30. The van der Waals surface area contributed by atoms with Crippen LogP contribution in [0.1, 0.15) is 38.5 Å². The third-order valence-electron chi connectivity index (χ3n) is 5.18. The molecule has 4 nitrogen and oxygen atoms in total. The van der Waals surface area contributed by atoms with Crippen molar-refractivity contribution in [1.82, 2.24) is 4.90 Å². The summed E-state index contributed by atoms with van der Waals surface area (Å²) in [5.74, 6) is 1.89. The first-order chi connectivity index (χ1) is 11.8. The van der Waals surface area contributed by atoms with E-state index < -0.39 is 0 Å². The predicted molar refractivity (Wildman–Crippen MR) is 95.1 cm³/mol. The highest BCUT2D eigenvalue weighted by Crippen LogP contribution is 2.33. The molecule has 128 valence electrons. The van der Waals surface area contributed by atoms with Crippen LogP contribution in [0, 0.1) is 5.92 Å². The van der Waals surface area contributed by atoms with Gasteiger partial charge in [-0.25, -0.2) is 0 Å². The molecule has 24 heavy (non-hydrogen) atoms. The third kappa shape index (κ3) is 3.74. The Kier molecular flexibility index (Phi) is 4.46. The van der Waals surface area contributed by atoms with Gasteiger partial charge in [-0.15, -0.1) is 0 Å². The number of likely N-dealkylation sites (tertiary alicyclic amines) is 1. The topological polar surface area (TPSA) is 32.8 Å². The molecular formula is C20H26N2O2. The Morgan fingerprint density at radius 3 is 2.67 bits per heavy atom. The molecule has 1 atom stereocenters. The van der Waals surface area contributed by atoms with E-state index >= 15 is 0 Å². The maximum Gasteiger partial charge on any atom is 0.222 e. The highest BCUT2D eigenvalue weighted by molar-refractivity contribution is 5.76. The maximum atomic E-state index is 12.3. The van der Waals surface area contributed by atoms with Crippen molar-refractivity contribution >= 4 is 11.6 Å². The summed E-state index contributed by atoms with van der Waals surface area (Å²) >= 11 is 0. The number of hydrogen-bond donors (Lipinski definition) is 0. The number of ether oxygens (including phenoxy) is 1. The predicted octanol–water partition coefficient (Wildman–Crippen LogP) is 3.58. The van der Waals surface area contributed by atoms with Crippen LogP contribution in [0.2, 0.25) is 0 Å². The van der Waals surface area contributed by atoms with Crippen molar-refractivity contribution in [3.63, 3.8) is 0 Å². The quantitative estimate of drug-likeness (QED) is 0.829. The second-order valence-corrected chi connectivity index (χ2v) is 7.23. The standard InChI is InChI=1S/C20H26N2O2/c23-20(14-16-5-6-16)22-13-3-4-19(15-22)24-18-9-7-17(8-10-18)21-11-1-2-12-21/h1,7-11,16,19H,2-6,12-15H2. The molecule has 2 aliphatic heterocycles. The van der Waals surface area contributed by atoms with Gasteiger partial charge in [0.2, 0.25) is 5.91 Å². The van der Waals surface area contributed by atoms with Crippen molar-refractivity contribution in [3.05, 3.63) is 36.5 Å². The zero-order valence-corrected chi connectivity index (χ0v) is 14.2. The van der Waals surface area contributed by atoms with Gasteiger partial charge in [0.1, 0.15) is 11.9 Å². The molecule has 2 heterocycles. The molecule has 3 aliphatic rings. The molecule has 1 aliphatic carbocycles. The third-order valence-corrected chi connectivity index (χ3v) is 5.18. The first-order valence-corrected chi connectivity index (χ1v) is 9.26. The number of amides is 1. The fourth-order valence-electron chi connectivity index (χ4n) is 3.57. The Bertz CT molecular complexity index is 607. The Hall–Kier alpha value is -1.97. The molecular weight excluding hydrogens is 300 g/mol. The van der Waals surface area contributed by atoms with Gasteiger partial charge in [-0.05, 0) is 62.3 Å². The van der Waals surface area contributed by atoms with E-state index in [0.717, 1.165) is 51.1 Å². The smallest absolute Gasteiger partial charge is 0.222 e. The van der Waals surface area contributed by atoms with Crippen LogP contribution in [0.5, 0.6) is 5.75 Å². The molecule has 4 rings (SSSR count). The molecule has 1 aromatic rings. The molecule has 1 saturated heterocycles. The summed E-state index contributed by atoms with van der Waals surface area (Å²) in [7, 11) is 0. The van der Waals surface area contributed by atoms with Gasteiger partial charge in [-0.2, -0.15) is 0 Å². The summed E-state index contributed by atoms with van der Waals surface area (Å²) in [5.41, 5.74) is 1.21. The fraction of sp³-hybridized carbons (Fsp3) is 0.550. The van der Waals surface area contributed by atoms with Gasteiger partial charge in [0.25, 0.3) is 0 Å². The summed E-state index contributed by atoms with van der Waals surface area (Å²) < 4.78 is 6.14. The number of carbonyl (C=O) groups excluding carboxylic acids is 1. The Labute approximate surface area is 144 Å². The van der Waals surface area contributed by atoms with E-state index in [1.165, 1.54) is 18.5 Å². The average Bonchev–Trinajstić information content (AvgIpc) is 3.25.